The molecule has 0 fully saturated rings. The van der Waals surface area contributed by atoms with E-state index in [-0.39, 0.29) is 19.6 Å². The molecular weight excluding hydrogens is 505 g/mol. The lowest BCUT2D eigenvalue weighted by molar-refractivity contribution is -0.153. The molecule has 0 aliphatic rings. The van der Waals surface area contributed by atoms with Crippen LogP contribution in [0.5, 0.6) is 0 Å². The van der Waals surface area contributed by atoms with E-state index in [2.05, 4.69) is 23.6 Å². The molecule has 0 aromatic carbocycles. The van der Waals surface area contributed by atoms with Crippen molar-refractivity contribution in [3.63, 3.8) is 0 Å². The molecule has 0 aliphatic carbocycles. The van der Waals surface area contributed by atoms with Gasteiger partial charge in [-0.2, -0.15) is 0 Å². The van der Waals surface area contributed by atoms with Crippen LogP contribution in [0.25, 0.3) is 0 Å². The summed E-state index contributed by atoms with van der Waals surface area (Å²) in [5.41, 5.74) is 5.21. The van der Waals surface area contributed by atoms with Crippen LogP contribution in [-0.4, -0.2) is 48.4 Å². The lowest BCUT2D eigenvalue weighted by Gasteiger charge is -2.17. The maximum Gasteiger partial charge on any atom is 0.472 e. The maximum atomic E-state index is 11.9. The Hall–Kier alpha value is -0.760. The van der Waals surface area contributed by atoms with E-state index in [0.717, 1.165) is 19.3 Å². The van der Waals surface area contributed by atoms with Gasteiger partial charge in [-0.05, 0) is 32.1 Å². The number of carbonyl (C=O) groups is 1. The fourth-order valence-corrected chi connectivity index (χ4v) is 4.92. The maximum absolute atomic E-state index is 11.9. The summed E-state index contributed by atoms with van der Waals surface area (Å²) in [4.78, 5) is 21.4. The molecule has 0 aliphatic heterocycles. The topological polar surface area (TPSA) is 128 Å². The molecule has 0 aromatic heterocycles. The van der Waals surface area contributed by atoms with Crippen LogP contribution in [0.4, 0.5) is 0 Å². The minimum atomic E-state index is -4.26. The van der Waals surface area contributed by atoms with Gasteiger partial charge in [0.2, 0.25) is 0 Å². The number of nitrogens with two attached hydrogens (primary N) is 1. The first-order valence-corrected chi connectivity index (χ1v) is 16.7. The van der Waals surface area contributed by atoms with Gasteiger partial charge in [0.05, 0.1) is 19.8 Å². The Bertz CT molecular complexity index is 603. The smallest absolute Gasteiger partial charge is 0.457 e. The number of aliphatic hydroxyl groups excluding tert-OH is 1. The average molecular weight is 564 g/mol. The van der Waals surface area contributed by atoms with Gasteiger partial charge in [-0.3, -0.25) is 13.8 Å². The molecule has 8 nitrogen and oxygen atoms in total. The largest absolute Gasteiger partial charge is 0.472 e. The van der Waals surface area contributed by atoms with E-state index in [0.29, 0.717) is 0 Å². The van der Waals surface area contributed by atoms with Crippen LogP contribution in [0, 0.1) is 0 Å². The predicted octanol–water partition coefficient (Wildman–Crippen LogP) is 7.36. The summed E-state index contributed by atoms with van der Waals surface area (Å²) in [6, 6.07) is 0. The Balaban J connectivity index is 3.47. The van der Waals surface area contributed by atoms with Crippen molar-refractivity contribution in [2.24, 2.45) is 5.73 Å². The minimum absolute atomic E-state index is 0.0734. The average Bonchev–Trinajstić information content (AvgIpc) is 2.90. The highest BCUT2D eigenvalue weighted by Crippen LogP contribution is 2.42. The van der Waals surface area contributed by atoms with E-state index in [1.807, 2.05) is 0 Å². The van der Waals surface area contributed by atoms with E-state index >= 15 is 0 Å². The molecule has 0 saturated heterocycles. The quantitative estimate of drug-likeness (QED) is 0.0373. The molecule has 0 spiro atoms. The van der Waals surface area contributed by atoms with Gasteiger partial charge in [0.15, 0.2) is 0 Å². The highest BCUT2D eigenvalue weighted by molar-refractivity contribution is 7.47. The number of aliphatic hydroxyl groups is 1. The van der Waals surface area contributed by atoms with Crippen LogP contribution in [0.2, 0.25) is 0 Å². The summed E-state index contributed by atoms with van der Waals surface area (Å²) >= 11 is 0. The molecule has 2 atom stereocenters. The molecule has 38 heavy (non-hydrogen) atoms. The SMILES string of the molecule is CCCCCCCCC=CCCCCCCCCCCCCCC(=O)OC(CO)COP(=O)(O)OCCN. The van der Waals surface area contributed by atoms with Gasteiger partial charge in [-0.25, -0.2) is 4.57 Å². The van der Waals surface area contributed by atoms with Crippen molar-refractivity contribution in [3.05, 3.63) is 12.2 Å². The Labute approximate surface area is 232 Å². The van der Waals surface area contributed by atoms with Crippen molar-refractivity contribution in [2.75, 3.05) is 26.4 Å². The second-order valence-corrected chi connectivity index (χ2v) is 11.6. The molecule has 4 N–H and O–H groups in total. The highest BCUT2D eigenvalue weighted by atomic mass is 31.2. The van der Waals surface area contributed by atoms with Crippen molar-refractivity contribution in [1.29, 1.82) is 0 Å². The molecule has 0 radical (unpaired) electrons. The number of allylic oxidation sites excluding steroid dienone is 2. The Morgan fingerprint density at radius 1 is 0.789 bits per heavy atom. The molecule has 0 aromatic rings. The van der Waals surface area contributed by atoms with Crippen LogP contribution in [0.1, 0.15) is 135 Å². The Morgan fingerprint density at radius 3 is 1.74 bits per heavy atom. The Kier molecular flexibility index (Phi) is 27.2. The number of phosphoric ester groups is 1. The molecule has 0 amide bonds. The van der Waals surface area contributed by atoms with Crippen molar-refractivity contribution in [2.45, 2.75) is 141 Å². The summed E-state index contributed by atoms with van der Waals surface area (Å²) in [7, 11) is -4.26. The zero-order valence-corrected chi connectivity index (χ0v) is 25.1. The zero-order chi connectivity index (χ0) is 28.2. The molecule has 9 heteroatoms. The normalized spacial score (nSPS) is 14.1. The van der Waals surface area contributed by atoms with Crippen molar-refractivity contribution in [3.8, 4) is 0 Å². The van der Waals surface area contributed by atoms with Crippen LogP contribution in [0.15, 0.2) is 12.2 Å². The minimum Gasteiger partial charge on any atom is -0.457 e. The molecule has 2 unspecified atom stereocenters. The van der Waals surface area contributed by atoms with Gasteiger partial charge in [0.25, 0.3) is 0 Å². The van der Waals surface area contributed by atoms with Gasteiger partial charge in [-0.15, -0.1) is 0 Å². The summed E-state index contributed by atoms with van der Waals surface area (Å²) in [6.07, 6.45) is 27.8. The third kappa shape index (κ3) is 26.8. The van der Waals surface area contributed by atoms with E-state index in [1.54, 1.807) is 0 Å². The number of rotatable bonds is 29. The second-order valence-electron chi connectivity index (χ2n) is 10.1. The number of hydrogen-bond donors (Lipinski definition) is 3. The van der Waals surface area contributed by atoms with Gasteiger partial charge in [0.1, 0.15) is 6.10 Å². The van der Waals surface area contributed by atoms with E-state index in [1.165, 1.54) is 103 Å². The standard InChI is InChI=1S/C29H58NO7P/c1-2-3-4-5-6-7-8-9-10-11-12-13-14-15-16-17-18-19-20-21-22-23-29(32)37-28(26-31)27-36-38(33,34)35-25-24-30/h9-10,28,31H,2-8,11-27,30H2,1H3,(H,33,34). The number of phosphoric acid groups is 1. The van der Waals surface area contributed by atoms with E-state index in [4.69, 9.17) is 15.0 Å². The van der Waals surface area contributed by atoms with Crippen molar-refractivity contribution in [1.82, 2.24) is 0 Å². The van der Waals surface area contributed by atoms with Gasteiger partial charge < -0.3 is 20.5 Å². The van der Waals surface area contributed by atoms with Crippen LogP contribution in [0.3, 0.4) is 0 Å². The fourth-order valence-electron chi connectivity index (χ4n) is 4.15. The summed E-state index contributed by atoms with van der Waals surface area (Å²) in [5.74, 6) is -0.448. The lowest BCUT2D eigenvalue weighted by Crippen LogP contribution is -2.27. The summed E-state index contributed by atoms with van der Waals surface area (Å²) < 4.78 is 26.0. The zero-order valence-electron chi connectivity index (χ0n) is 24.2. The highest BCUT2D eigenvalue weighted by Gasteiger charge is 2.24. The monoisotopic (exact) mass is 563 g/mol. The molecule has 0 bridgehead atoms. The van der Waals surface area contributed by atoms with Crippen molar-refractivity contribution >= 4 is 13.8 Å². The lowest BCUT2D eigenvalue weighted by atomic mass is 10.0. The summed E-state index contributed by atoms with van der Waals surface area (Å²) in [5, 5.41) is 9.30. The number of unbranched alkanes of at least 4 members (excludes halogenated alkanes) is 17. The van der Waals surface area contributed by atoms with Crippen molar-refractivity contribution < 1.29 is 33.1 Å². The van der Waals surface area contributed by atoms with E-state index < -0.39 is 33.1 Å². The molecule has 0 heterocycles. The first-order valence-electron chi connectivity index (χ1n) is 15.2. The Morgan fingerprint density at radius 2 is 1.26 bits per heavy atom. The third-order valence-corrected chi connectivity index (χ3v) is 7.42. The summed E-state index contributed by atoms with van der Waals surface area (Å²) in [6.45, 7) is 1.29. The first-order chi connectivity index (χ1) is 18.4. The third-order valence-electron chi connectivity index (χ3n) is 6.44. The predicted molar refractivity (Wildman–Crippen MR) is 155 cm³/mol. The van der Waals surface area contributed by atoms with Crippen LogP contribution < -0.4 is 5.73 Å². The number of carbonyl (C=O) groups excluding carboxylic acids is 1. The molecule has 226 valence electrons. The molecular formula is C29H58NO7P. The number of esters is 1. The van der Waals surface area contributed by atoms with Gasteiger partial charge in [-0.1, -0.05) is 109 Å². The number of ether oxygens (including phenoxy) is 1. The number of hydrogen-bond acceptors (Lipinski definition) is 7. The van der Waals surface area contributed by atoms with Crippen LogP contribution in [-0.2, 0) is 23.1 Å². The fraction of sp³-hybridized carbons (Fsp3) is 0.897. The molecule has 0 saturated carbocycles. The first kappa shape index (κ1) is 37.2. The van der Waals surface area contributed by atoms with Gasteiger partial charge in [0, 0.05) is 13.0 Å². The van der Waals surface area contributed by atoms with Crippen LogP contribution >= 0.6 is 7.82 Å². The van der Waals surface area contributed by atoms with Gasteiger partial charge >= 0.3 is 13.8 Å². The molecule has 0 rings (SSSR count). The second kappa shape index (κ2) is 27.8. The van der Waals surface area contributed by atoms with E-state index in [9.17, 15) is 19.4 Å².